The summed E-state index contributed by atoms with van der Waals surface area (Å²) in [5, 5.41) is 0. The summed E-state index contributed by atoms with van der Waals surface area (Å²) >= 11 is 0. The fraction of sp³-hybridized carbons (Fsp3) is 0.783. The third-order valence-electron chi connectivity index (χ3n) is 8.23. The van der Waals surface area contributed by atoms with E-state index in [4.69, 9.17) is 0 Å². The number of fused-ring (bicyclic) bond motifs is 3. The zero-order valence-electron chi connectivity index (χ0n) is 16.1. The molecule has 0 aromatic rings. The van der Waals surface area contributed by atoms with Crippen molar-refractivity contribution >= 4 is 5.78 Å². The Balaban J connectivity index is 0.000000815. The minimum absolute atomic E-state index is 0.260. The zero-order valence-corrected chi connectivity index (χ0v) is 16.1. The normalized spacial score (nSPS) is 46.2. The maximum absolute atomic E-state index is 12.4. The molecular formula is C23H36O. The summed E-state index contributed by atoms with van der Waals surface area (Å²) in [6.45, 7) is 14.7. The second-order valence-corrected chi connectivity index (χ2v) is 8.98. The van der Waals surface area contributed by atoms with Gasteiger partial charge in [-0.2, -0.15) is 0 Å². The molecule has 4 aliphatic carbocycles. The molecule has 6 atom stereocenters. The molecule has 134 valence electrons. The van der Waals surface area contributed by atoms with Crippen molar-refractivity contribution in [1.82, 2.24) is 0 Å². The molecule has 1 heteroatoms. The van der Waals surface area contributed by atoms with Crippen LogP contribution in [-0.2, 0) is 4.79 Å². The Labute approximate surface area is 149 Å². The van der Waals surface area contributed by atoms with Crippen molar-refractivity contribution in [1.29, 1.82) is 0 Å². The first-order valence-electron chi connectivity index (χ1n) is 10.3. The Morgan fingerprint density at radius 3 is 2.62 bits per heavy atom. The highest BCUT2D eigenvalue weighted by molar-refractivity contribution is 5.91. The van der Waals surface area contributed by atoms with Crippen LogP contribution in [0.4, 0.5) is 0 Å². The summed E-state index contributed by atoms with van der Waals surface area (Å²) in [7, 11) is 0. The van der Waals surface area contributed by atoms with Gasteiger partial charge in [0.05, 0.1) is 0 Å². The summed E-state index contributed by atoms with van der Waals surface area (Å²) in [5.41, 5.74) is 2.47. The minimum atomic E-state index is 0.260. The highest BCUT2D eigenvalue weighted by Gasteiger charge is 2.62. The molecule has 4 aliphatic rings. The maximum Gasteiger partial charge on any atom is 0.158 e. The molecule has 0 aromatic heterocycles. The second kappa shape index (κ2) is 6.46. The molecule has 0 N–H and O–H groups in total. The Morgan fingerprint density at radius 2 is 1.92 bits per heavy atom. The van der Waals surface area contributed by atoms with E-state index in [0.717, 1.165) is 18.3 Å². The first-order chi connectivity index (χ1) is 11.5. The molecule has 4 saturated carbocycles. The molecule has 4 rings (SSSR count). The Kier molecular flexibility index (Phi) is 4.84. The van der Waals surface area contributed by atoms with Crippen molar-refractivity contribution in [3.05, 3.63) is 24.8 Å². The Hall–Kier alpha value is -0.850. The van der Waals surface area contributed by atoms with Gasteiger partial charge in [-0.25, -0.2) is 0 Å². The fourth-order valence-corrected chi connectivity index (χ4v) is 7.39. The van der Waals surface area contributed by atoms with E-state index in [0.29, 0.717) is 22.5 Å². The van der Waals surface area contributed by atoms with Gasteiger partial charge in [0.25, 0.3) is 0 Å². The van der Waals surface area contributed by atoms with Gasteiger partial charge in [-0.15, -0.1) is 0 Å². The first-order valence-corrected chi connectivity index (χ1v) is 10.3. The van der Waals surface area contributed by atoms with Crippen molar-refractivity contribution in [2.24, 2.45) is 34.5 Å². The molecular weight excluding hydrogens is 292 g/mol. The number of carbonyl (C=O) groups excluding carboxylic acids is 1. The lowest BCUT2D eigenvalue weighted by atomic mass is 9.43. The summed E-state index contributed by atoms with van der Waals surface area (Å²) in [5.74, 6) is 2.82. The van der Waals surface area contributed by atoms with E-state index in [1.807, 2.05) is 13.8 Å². The number of hydrogen-bond acceptors (Lipinski definition) is 1. The topological polar surface area (TPSA) is 17.1 Å². The maximum atomic E-state index is 12.4. The number of ketones is 1. The van der Waals surface area contributed by atoms with Crippen molar-refractivity contribution in [2.45, 2.75) is 78.6 Å². The molecule has 0 heterocycles. The van der Waals surface area contributed by atoms with Gasteiger partial charge in [0.1, 0.15) is 0 Å². The van der Waals surface area contributed by atoms with E-state index >= 15 is 0 Å². The number of carbonyl (C=O) groups is 1. The molecule has 0 amide bonds. The lowest BCUT2D eigenvalue weighted by molar-refractivity contribution is -0.143. The zero-order chi connectivity index (χ0) is 17.5. The van der Waals surface area contributed by atoms with Gasteiger partial charge in [-0.3, -0.25) is 4.79 Å². The van der Waals surface area contributed by atoms with Crippen LogP contribution in [0.15, 0.2) is 24.8 Å². The molecule has 2 bridgehead atoms. The van der Waals surface area contributed by atoms with Gasteiger partial charge < -0.3 is 0 Å². The highest BCUT2D eigenvalue weighted by Crippen LogP contribution is 2.70. The average molecular weight is 329 g/mol. The first kappa shape index (κ1) is 18.0. The van der Waals surface area contributed by atoms with Crippen molar-refractivity contribution in [3.8, 4) is 0 Å². The Morgan fingerprint density at radius 1 is 1.17 bits per heavy atom. The molecule has 0 radical (unpaired) electrons. The van der Waals surface area contributed by atoms with Gasteiger partial charge >= 0.3 is 0 Å². The van der Waals surface area contributed by atoms with Gasteiger partial charge in [-0.05, 0) is 86.0 Å². The van der Waals surface area contributed by atoms with Gasteiger partial charge in [-0.1, -0.05) is 45.9 Å². The molecule has 1 nitrogen and oxygen atoms in total. The van der Waals surface area contributed by atoms with Gasteiger partial charge in [0, 0.05) is 5.92 Å². The van der Waals surface area contributed by atoms with Gasteiger partial charge in [0.15, 0.2) is 5.78 Å². The van der Waals surface area contributed by atoms with Crippen molar-refractivity contribution < 1.29 is 4.79 Å². The van der Waals surface area contributed by atoms with E-state index in [1.54, 1.807) is 11.6 Å². The summed E-state index contributed by atoms with van der Waals surface area (Å²) < 4.78 is 0. The van der Waals surface area contributed by atoms with Crippen LogP contribution in [-0.4, -0.2) is 5.78 Å². The smallest absolute Gasteiger partial charge is 0.158 e. The molecule has 0 aromatic carbocycles. The van der Waals surface area contributed by atoms with Crippen LogP contribution < -0.4 is 0 Å². The summed E-state index contributed by atoms with van der Waals surface area (Å²) in [4.78, 5) is 12.4. The molecule has 0 aliphatic heterocycles. The molecule has 4 fully saturated rings. The fourth-order valence-electron chi connectivity index (χ4n) is 7.39. The van der Waals surface area contributed by atoms with E-state index in [9.17, 15) is 4.79 Å². The average Bonchev–Trinajstić information content (AvgIpc) is 2.83. The lowest BCUT2D eigenvalue weighted by Crippen LogP contribution is -2.54. The predicted octanol–water partition coefficient (Wildman–Crippen LogP) is 6.35. The quantitative estimate of drug-likeness (QED) is 0.426. The van der Waals surface area contributed by atoms with E-state index < -0.39 is 0 Å². The van der Waals surface area contributed by atoms with E-state index in [-0.39, 0.29) is 5.92 Å². The minimum Gasteiger partial charge on any atom is -0.295 e. The van der Waals surface area contributed by atoms with Gasteiger partial charge in [0.2, 0.25) is 0 Å². The van der Waals surface area contributed by atoms with E-state index in [1.165, 1.54) is 51.4 Å². The Bertz CT molecular complexity index is 532. The van der Waals surface area contributed by atoms with E-state index in [2.05, 4.69) is 20.1 Å². The largest absolute Gasteiger partial charge is 0.295 e. The molecule has 24 heavy (non-hydrogen) atoms. The van der Waals surface area contributed by atoms with Crippen LogP contribution in [0.2, 0.25) is 0 Å². The molecule has 1 spiro atoms. The number of allylic oxidation sites excluding steroid dienone is 2. The summed E-state index contributed by atoms with van der Waals surface area (Å²) in [6, 6.07) is 0. The molecule has 0 saturated heterocycles. The van der Waals surface area contributed by atoms with Crippen LogP contribution in [0, 0.1) is 34.5 Å². The third-order valence-corrected chi connectivity index (χ3v) is 8.23. The van der Waals surface area contributed by atoms with Crippen molar-refractivity contribution in [3.63, 3.8) is 0 Å². The third kappa shape index (κ3) is 2.45. The SMILES string of the molecule is C=CC(=O)[C@@H]1CCC[C@]2(C)C1CC[C@]13CC(=C)[C@@H](CCC12)C3.CC. The number of hydrogen-bond donors (Lipinski definition) is 0. The van der Waals surface area contributed by atoms with Crippen LogP contribution in [0.1, 0.15) is 78.6 Å². The predicted molar refractivity (Wildman–Crippen MR) is 102 cm³/mol. The monoisotopic (exact) mass is 328 g/mol. The molecule has 2 unspecified atom stereocenters. The standard InChI is InChI=1S/C21H30O.C2H6/c1-4-18(22)16-6-5-10-20(3)17(16)9-11-21-12-14(2)15(13-21)7-8-19(20)21;1-2/h4,15-17,19H,1-2,5-13H2,3H3;1-2H3/t15-,16+,17?,19?,20+,21+;/m0./s1. The van der Waals surface area contributed by atoms with Crippen LogP contribution in [0.5, 0.6) is 0 Å². The van der Waals surface area contributed by atoms with Crippen LogP contribution in [0.3, 0.4) is 0 Å². The summed E-state index contributed by atoms with van der Waals surface area (Å²) in [6.07, 6.45) is 13.3. The lowest BCUT2D eigenvalue weighted by Gasteiger charge is -2.61. The van der Waals surface area contributed by atoms with Crippen LogP contribution in [0.25, 0.3) is 0 Å². The number of rotatable bonds is 2. The second-order valence-electron chi connectivity index (χ2n) is 8.98. The van der Waals surface area contributed by atoms with Crippen LogP contribution >= 0.6 is 0 Å². The highest BCUT2D eigenvalue weighted by atomic mass is 16.1. The van der Waals surface area contributed by atoms with Crippen molar-refractivity contribution in [2.75, 3.05) is 0 Å².